The van der Waals surface area contributed by atoms with Crippen molar-refractivity contribution in [3.8, 4) is 0 Å². The van der Waals surface area contributed by atoms with Crippen molar-refractivity contribution in [2.45, 2.75) is 13.1 Å². The van der Waals surface area contributed by atoms with E-state index >= 15 is 0 Å². The Labute approximate surface area is 73.2 Å². The van der Waals surface area contributed by atoms with Crippen LogP contribution in [0.2, 0.25) is 0 Å². The van der Waals surface area contributed by atoms with Gasteiger partial charge in [-0.15, -0.1) is 0 Å². The highest BCUT2D eigenvalue weighted by atomic mass is 127. The number of rotatable bonds is 0. The molecule has 3 heteroatoms. The van der Waals surface area contributed by atoms with E-state index in [9.17, 15) is 0 Å². The summed E-state index contributed by atoms with van der Waals surface area (Å²) in [6, 6.07) is 2.18. The Morgan fingerprint density at radius 1 is 1.50 bits per heavy atom. The van der Waals surface area contributed by atoms with Gasteiger partial charge in [-0.05, 0) is 34.2 Å². The molecule has 52 valence electrons. The second kappa shape index (κ2) is 2.47. The highest BCUT2D eigenvalue weighted by Crippen LogP contribution is 2.14. The van der Waals surface area contributed by atoms with Crippen LogP contribution < -0.4 is 5.32 Å². The zero-order valence-electron chi connectivity index (χ0n) is 5.39. The lowest BCUT2D eigenvalue weighted by Crippen LogP contribution is -2.00. The molecule has 0 saturated carbocycles. The summed E-state index contributed by atoms with van der Waals surface area (Å²) in [6.45, 7) is 1.92. The van der Waals surface area contributed by atoms with E-state index in [1.165, 1.54) is 14.8 Å². The van der Waals surface area contributed by atoms with Crippen LogP contribution in [0.4, 0.5) is 0 Å². The summed E-state index contributed by atoms with van der Waals surface area (Å²) in [7, 11) is 0. The van der Waals surface area contributed by atoms with Crippen molar-refractivity contribution in [1.82, 2.24) is 10.3 Å². The third-order valence-corrected chi connectivity index (χ3v) is 2.22. The molecule has 1 aliphatic heterocycles. The maximum Gasteiger partial charge on any atom is 0.0587 e. The van der Waals surface area contributed by atoms with E-state index in [-0.39, 0.29) is 0 Å². The molecule has 1 aromatic heterocycles. The van der Waals surface area contributed by atoms with Gasteiger partial charge < -0.3 is 5.32 Å². The van der Waals surface area contributed by atoms with Gasteiger partial charge in [0.1, 0.15) is 0 Å². The van der Waals surface area contributed by atoms with Gasteiger partial charge in [0, 0.05) is 22.9 Å². The molecule has 0 bridgehead atoms. The van der Waals surface area contributed by atoms with Gasteiger partial charge in [-0.1, -0.05) is 0 Å². The Kier molecular flexibility index (Phi) is 1.61. The zero-order valence-corrected chi connectivity index (χ0v) is 7.55. The number of nitrogens with zero attached hydrogens (tertiary/aromatic N) is 1. The van der Waals surface area contributed by atoms with Gasteiger partial charge in [-0.25, -0.2) is 0 Å². The van der Waals surface area contributed by atoms with Crippen molar-refractivity contribution in [3.63, 3.8) is 0 Å². The third kappa shape index (κ3) is 1.03. The molecule has 2 nitrogen and oxygen atoms in total. The minimum absolute atomic E-state index is 0.937. The first-order chi connectivity index (χ1) is 4.86. The largest absolute Gasteiger partial charge is 0.307 e. The van der Waals surface area contributed by atoms with E-state index in [4.69, 9.17) is 0 Å². The summed E-state index contributed by atoms with van der Waals surface area (Å²) in [4.78, 5) is 4.29. The first-order valence-electron chi connectivity index (χ1n) is 3.20. The van der Waals surface area contributed by atoms with Crippen LogP contribution in [-0.4, -0.2) is 4.98 Å². The monoisotopic (exact) mass is 246 g/mol. The molecule has 0 radical (unpaired) electrons. The number of hydrogen-bond donors (Lipinski definition) is 1. The van der Waals surface area contributed by atoms with E-state index in [2.05, 4.69) is 39.0 Å². The molecule has 0 amide bonds. The standard InChI is InChI=1S/C7H7IN2/c8-6-1-5-2-9-4-7(5)10-3-6/h1,3,9H,2,4H2. The minimum atomic E-state index is 0.937. The van der Waals surface area contributed by atoms with Crippen molar-refractivity contribution in [1.29, 1.82) is 0 Å². The Bertz CT molecular complexity index is 260. The first-order valence-corrected chi connectivity index (χ1v) is 4.28. The number of pyridine rings is 1. The maximum atomic E-state index is 4.29. The van der Waals surface area contributed by atoms with Crippen LogP contribution in [0.15, 0.2) is 12.3 Å². The number of fused-ring (bicyclic) bond motifs is 1. The lowest BCUT2D eigenvalue weighted by molar-refractivity contribution is 0.757. The molecule has 1 aromatic rings. The van der Waals surface area contributed by atoms with E-state index in [0.717, 1.165) is 13.1 Å². The number of nitrogens with one attached hydrogen (secondary N) is 1. The Morgan fingerprint density at radius 3 is 3.30 bits per heavy atom. The number of halogens is 1. The van der Waals surface area contributed by atoms with Crippen LogP contribution in [0.5, 0.6) is 0 Å². The highest BCUT2D eigenvalue weighted by Gasteiger charge is 2.09. The molecular weight excluding hydrogens is 239 g/mol. The van der Waals surface area contributed by atoms with Crippen LogP contribution >= 0.6 is 22.6 Å². The molecule has 0 fully saturated rings. The second-order valence-electron chi connectivity index (χ2n) is 2.36. The van der Waals surface area contributed by atoms with E-state index < -0.39 is 0 Å². The molecule has 2 heterocycles. The highest BCUT2D eigenvalue weighted by molar-refractivity contribution is 14.1. The summed E-state index contributed by atoms with van der Waals surface area (Å²) in [5, 5.41) is 3.25. The summed E-state index contributed by atoms with van der Waals surface area (Å²) >= 11 is 2.28. The van der Waals surface area contributed by atoms with Gasteiger partial charge in [0.15, 0.2) is 0 Å². The Morgan fingerprint density at radius 2 is 2.40 bits per heavy atom. The Balaban J connectivity index is 2.52. The molecule has 0 saturated heterocycles. The molecule has 0 spiro atoms. The number of aromatic nitrogens is 1. The molecule has 0 aliphatic carbocycles. The van der Waals surface area contributed by atoms with Crippen LogP contribution in [0.3, 0.4) is 0 Å². The van der Waals surface area contributed by atoms with E-state index in [1.807, 2.05) is 6.20 Å². The van der Waals surface area contributed by atoms with Crippen LogP contribution in [0, 0.1) is 3.57 Å². The quantitative estimate of drug-likeness (QED) is 0.697. The molecule has 0 aromatic carbocycles. The van der Waals surface area contributed by atoms with Gasteiger partial charge in [0.05, 0.1) is 5.69 Å². The SMILES string of the molecule is Ic1cnc2c(c1)CNC2. The molecule has 0 atom stereocenters. The lowest BCUT2D eigenvalue weighted by atomic mass is 10.2. The van der Waals surface area contributed by atoms with Gasteiger partial charge in [0.2, 0.25) is 0 Å². The zero-order chi connectivity index (χ0) is 6.97. The minimum Gasteiger partial charge on any atom is -0.307 e. The third-order valence-electron chi connectivity index (χ3n) is 1.63. The molecule has 1 N–H and O–H groups in total. The fraction of sp³-hybridized carbons (Fsp3) is 0.286. The van der Waals surface area contributed by atoms with Crippen molar-refractivity contribution in [3.05, 3.63) is 27.1 Å². The molecular formula is C7H7IN2. The fourth-order valence-corrected chi connectivity index (χ4v) is 1.65. The van der Waals surface area contributed by atoms with Crippen LogP contribution in [-0.2, 0) is 13.1 Å². The second-order valence-corrected chi connectivity index (χ2v) is 3.61. The molecule has 10 heavy (non-hydrogen) atoms. The summed E-state index contributed by atoms with van der Waals surface area (Å²) in [5.41, 5.74) is 2.56. The summed E-state index contributed by atoms with van der Waals surface area (Å²) in [6.07, 6.45) is 1.91. The average molecular weight is 246 g/mol. The summed E-state index contributed by atoms with van der Waals surface area (Å²) < 4.78 is 1.22. The molecule has 1 aliphatic rings. The maximum absolute atomic E-state index is 4.29. The fourth-order valence-electron chi connectivity index (χ4n) is 1.14. The Hall–Kier alpha value is -0.160. The first kappa shape index (κ1) is 6.54. The van der Waals surface area contributed by atoms with Gasteiger partial charge in [-0.2, -0.15) is 0 Å². The van der Waals surface area contributed by atoms with Gasteiger partial charge in [0.25, 0.3) is 0 Å². The topological polar surface area (TPSA) is 24.9 Å². The van der Waals surface area contributed by atoms with Gasteiger partial charge in [-0.3, -0.25) is 4.98 Å². The van der Waals surface area contributed by atoms with Crippen molar-refractivity contribution in [2.24, 2.45) is 0 Å². The normalized spacial score (nSPS) is 15.3. The van der Waals surface area contributed by atoms with Gasteiger partial charge >= 0.3 is 0 Å². The van der Waals surface area contributed by atoms with Crippen LogP contribution in [0.1, 0.15) is 11.3 Å². The van der Waals surface area contributed by atoms with Crippen LogP contribution in [0.25, 0.3) is 0 Å². The lowest BCUT2D eigenvalue weighted by Gasteiger charge is -1.94. The molecule has 2 rings (SSSR count). The summed E-state index contributed by atoms with van der Waals surface area (Å²) in [5.74, 6) is 0. The predicted octanol–water partition coefficient (Wildman–Crippen LogP) is 1.29. The van der Waals surface area contributed by atoms with E-state index in [0.29, 0.717) is 0 Å². The van der Waals surface area contributed by atoms with Crippen molar-refractivity contribution >= 4 is 22.6 Å². The average Bonchev–Trinajstić information content (AvgIpc) is 2.33. The van der Waals surface area contributed by atoms with E-state index in [1.54, 1.807) is 0 Å². The van der Waals surface area contributed by atoms with Crippen molar-refractivity contribution in [2.75, 3.05) is 0 Å². The smallest absolute Gasteiger partial charge is 0.0587 e. The molecule has 0 unspecified atom stereocenters. The number of hydrogen-bond acceptors (Lipinski definition) is 2. The van der Waals surface area contributed by atoms with Crippen molar-refractivity contribution < 1.29 is 0 Å². The predicted molar refractivity (Wildman–Crippen MR) is 47.5 cm³/mol.